The molecule has 2 N–H and O–H groups in total. The average molecular weight is 484 g/mol. The zero-order valence-corrected chi connectivity index (χ0v) is 19.8. The molecule has 4 aromatic carbocycles. The Balaban J connectivity index is 0.00000306. The van der Waals surface area contributed by atoms with Gasteiger partial charge in [-0.3, -0.25) is 0 Å². The Labute approximate surface area is 203 Å². The molecular formula is C27H24Cl2FNO2. The number of rotatable bonds is 6. The van der Waals surface area contributed by atoms with E-state index in [1.165, 1.54) is 12.1 Å². The van der Waals surface area contributed by atoms with Crippen LogP contribution in [0.25, 0.3) is 21.9 Å². The fraction of sp³-hybridized carbons (Fsp3) is 0.148. The number of fused-ring (bicyclic) bond motifs is 1. The lowest BCUT2D eigenvalue weighted by molar-refractivity contribution is 0.0692. The second-order valence-corrected chi connectivity index (χ2v) is 8.39. The standard InChI is InChI=1S/C27H23ClFNO2.ClH/c1-16(18-7-5-8-22(28)13-18)30-17(2)21-12-19-6-3-4-9-23(19)24(15-21)20-10-11-26(29)25(14-20)27(31)32;/h3-17,30H,1-2H3,(H,31,32);1H/t16-,17?;/m1./s1. The summed E-state index contributed by atoms with van der Waals surface area (Å²) in [5.41, 5.74) is 3.34. The molecule has 0 spiro atoms. The number of aromatic carboxylic acids is 1. The molecule has 33 heavy (non-hydrogen) atoms. The molecule has 1 unspecified atom stereocenters. The van der Waals surface area contributed by atoms with Crippen LogP contribution in [0.3, 0.4) is 0 Å². The van der Waals surface area contributed by atoms with Gasteiger partial charge in [0, 0.05) is 17.1 Å². The normalized spacial score (nSPS) is 12.7. The molecule has 6 heteroatoms. The first kappa shape index (κ1) is 24.7. The third-order valence-electron chi connectivity index (χ3n) is 5.74. The first-order chi connectivity index (χ1) is 15.3. The maximum Gasteiger partial charge on any atom is 0.338 e. The van der Waals surface area contributed by atoms with Gasteiger partial charge >= 0.3 is 5.97 Å². The topological polar surface area (TPSA) is 49.3 Å². The predicted octanol–water partition coefficient (Wildman–Crippen LogP) is 7.83. The zero-order chi connectivity index (χ0) is 22.8. The lowest BCUT2D eigenvalue weighted by Crippen LogP contribution is -2.22. The molecule has 170 valence electrons. The number of carbonyl (C=O) groups is 1. The van der Waals surface area contributed by atoms with Crippen molar-refractivity contribution in [3.63, 3.8) is 0 Å². The summed E-state index contributed by atoms with van der Waals surface area (Å²) < 4.78 is 14.0. The Morgan fingerprint density at radius 2 is 1.64 bits per heavy atom. The SMILES string of the molecule is CC(N[C@H](C)c1cccc(Cl)c1)c1cc(-c2ccc(F)c(C(=O)O)c2)c2ccccc2c1.Cl. The minimum atomic E-state index is -1.28. The smallest absolute Gasteiger partial charge is 0.338 e. The van der Waals surface area contributed by atoms with Crippen molar-refractivity contribution in [1.82, 2.24) is 5.32 Å². The van der Waals surface area contributed by atoms with Gasteiger partial charge in [-0.2, -0.15) is 0 Å². The molecule has 0 fully saturated rings. The molecule has 0 heterocycles. The summed E-state index contributed by atoms with van der Waals surface area (Å²) in [5.74, 6) is -2.03. The molecule has 0 radical (unpaired) electrons. The van der Waals surface area contributed by atoms with Crippen LogP contribution in [0.15, 0.2) is 78.9 Å². The number of nitrogens with one attached hydrogen (secondary N) is 1. The van der Waals surface area contributed by atoms with Crippen molar-refractivity contribution in [2.45, 2.75) is 25.9 Å². The number of benzene rings is 4. The van der Waals surface area contributed by atoms with E-state index in [0.29, 0.717) is 10.6 Å². The monoisotopic (exact) mass is 483 g/mol. The second-order valence-electron chi connectivity index (χ2n) is 7.95. The summed E-state index contributed by atoms with van der Waals surface area (Å²) in [6.07, 6.45) is 0. The van der Waals surface area contributed by atoms with Crippen molar-refractivity contribution in [3.05, 3.63) is 106 Å². The van der Waals surface area contributed by atoms with Gasteiger partial charge in [0.25, 0.3) is 0 Å². The second kappa shape index (κ2) is 10.3. The van der Waals surface area contributed by atoms with E-state index in [-0.39, 0.29) is 30.1 Å². The van der Waals surface area contributed by atoms with E-state index in [1.807, 2.05) is 54.6 Å². The molecule has 0 aliphatic rings. The Kier molecular flexibility index (Phi) is 7.75. The van der Waals surface area contributed by atoms with Crippen molar-refractivity contribution in [1.29, 1.82) is 0 Å². The summed E-state index contributed by atoms with van der Waals surface area (Å²) in [6, 6.07) is 24.2. The number of hydrogen-bond acceptors (Lipinski definition) is 2. The summed E-state index contributed by atoms with van der Waals surface area (Å²) in [7, 11) is 0. The maximum absolute atomic E-state index is 14.0. The van der Waals surface area contributed by atoms with Crippen molar-refractivity contribution in [3.8, 4) is 11.1 Å². The minimum Gasteiger partial charge on any atom is -0.478 e. The molecule has 0 saturated carbocycles. The quantitative estimate of drug-likeness (QED) is 0.293. The maximum atomic E-state index is 14.0. The highest BCUT2D eigenvalue weighted by molar-refractivity contribution is 6.30. The first-order valence-electron chi connectivity index (χ1n) is 10.4. The van der Waals surface area contributed by atoms with Crippen LogP contribution in [0.5, 0.6) is 0 Å². The van der Waals surface area contributed by atoms with Gasteiger partial charge in [-0.25, -0.2) is 9.18 Å². The fourth-order valence-corrected chi connectivity index (χ4v) is 4.22. The number of halogens is 3. The van der Waals surface area contributed by atoms with Gasteiger partial charge in [0.2, 0.25) is 0 Å². The molecule has 0 aromatic heterocycles. The number of hydrogen-bond donors (Lipinski definition) is 2. The Hall–Kier alpha value is -2.92. The highest BCUT2D eigenvalue weighted by Crippen LogP contribution is 2.34. The van der Waals surface area contributed by atoms with Crippen molar-refractivity contribution < 1.29 is 14.3 Å². The van der Waals surface area contributed by atoms with Crippen molar-refractivity contribution in [2.75, 3.05) is 0 Å². The van der Waals surface area contributed by atoms with Crippen molar-refractivity contribution in [2.24, 2.45) is 0 Å². The van der Waals surface area contributed by atoms with Crippen LogP contribution in [0.1, 0.15) is 47.4 Å². The van der Waals surface area contributed by atoms with Crippen LogP contribution in [-0.4, -0.2) is 11.1 Å². The van der Waals surface area contributed by atoms with Gasteiger partial charge in [-0.1, -0.05) is 54.1 Å². The summed E-state index contributed by atoms with van der Waals surface area (Å²) in [6.45, 7) is 4.17. The van der Waals surface area contributed by atoms with Crippen LogP contribution in [0, 0.1) is 5.82 Å². The molecule has 0 saturated heterocycles. The molecular weight excluding hydrogens is 460 g/mol. The van der Waals surface area contributed by atoms with E-state index in [0.717, 1.165) is 27.5 Å². The van der Waals surface area contributed by atoms with E-state index in [1.54, 1.807) is 6.07 Å². The summed E-state index contributed by atoms with van der Waals surface area (Å²) >= 11 is 6.15. The molecule has 2 atom stereocenters. The van der Waals surface area contributed by atoms with E-state index in [9.17, 15) is 14.3 Å². The van der Waals surface area contributed by atoms with Gasteiger partial charge in [0.05, 0.1) is 5.56 Å². The van der Waals surface area contributed by atoms with Gasteiger partial charge in [-0.15, -0.1) is 12.4 Å². The third-order valence-corrected chi connectivity index (χ3v) is 5.98. The van der Waals surface area contributed by atoms with Gasteiger partial charge in [0.15, 0.2) is 0 Å². The molecule has 0 amide bonds. The van der Waals surface area contributed by atoms with Crippen LogP contribution in [-0.2, 0) is 0 Å². The Morgan fingerprint density at radius 1 is 0.909 bits per heavy atom. The summed E-state index contributed by atoms with van der Waals surface area (Å²) in [4.78, 5) is 11.5. The van der Waals surface area contributed by atoms with E-state index < -0.39 is 11.8 Å². The molecule has 0 aliphatic heterocycles. The number of carboxylic acids is 1. The molecule has 3 nitrogen and oxygen atoms in total. The van der Waals surface area contributed by atoms with E-state index in [4.69, 9.17) is 11.6 Å². The molecule has 0 bridgehead atoms. The average Bonchev–Trinajstić information content (AvgIpc) is 2.78. The highest BCUT2D eigenvalue weighted by atomic mass is 35.5. The Morgan fingerprint density at radius 3 is 2.36 bits per heavy atom. The molecule has 4 aromatic rings. The van der Waals surface area contributed by atoms with Crippen molar-refractivity contribution >= 4 is 40.7 Å². The van der Waals surface area contributed by atoms with Crippen LogP contribution >= 0.6 is 24.0 Å². The van der Waals surface area contributed by atoms with Crippen LogP contribution in [0.4, 0.5) is 4.39 Å². The lowest BCUT2D eigenvalue weighted by atomic mass is 9.92. The third kappa shape index (κ3) is 5.36. The molecule has 4 rings (SSSR count). The van der Waals surface area contributed by atoms with E-state index >= 15 is 0 Å². The van der Waals surface area contributed by atoms with Gasteiger partial charge in [0.1, 0.15) is 5.82 Å². The van der Waals surface area contributed by atoms with Crippen LogP contribution in [0.2, 0.25) is 5.02 Å². The van der Waals surface area contributed by atoms with Crippen LogP contribution < -0.4 is 5.32 Å². The highest BCUT2D eigenvalue weighted by Gasteiger charge is 2.17. The van der Waals surface area contributed by atoms with E-state index in [2.05, 4.69) is 25.2 Å². The Bertz CT molecular complexity index is 1310. The number of carboxylic acid groups (broad SMARTS) is 1. The summed E-state index contributed by atoms with van der Waals surface area (Å²) in [5, 5.41) is 15.7. The largest absolute Gasteiger partial charge is 0.478 e. The van der Waals surface area contributed by atoms with Gasteiger partial charge in [-0.05, 0) is 83.3 Å². The predicted molar refractivity (Wildman–Crippen MR) is 135 cm³/mol. The zero-order valence-electron chi connectivity index (χ0n) is 18.2. The first-order valence-corrected chi connectivity index (χ1v) is 10.8. The lowest BCUT2D eigenvalue weighted by Gasteiger charge is -2.22. The van der Waals surface area contributed by atoms with Gasteiger partial charge < -0.3 is 10.4 Å². The molecule has 0 aliphatic carbocycles. The fourth-order valence-electron chi connectivity index (χ4n) is 4.02. The minimum absolute atomic E-state index is 0.